The second-order valence-corrected chi connectivity index (χ2v) is 8.17. The number of sulfonamides is 1. The lowest BCUT2D eigenvalue weighted by atomic mass is 10.1. The van der Waals surface area contributed by atoms with Gasteiger partial charge in [-0.3, -0.25) is 4.72 Å². The number of hydrogen-bond acceptors (Lipinski definition) is 6. The Bertz CT molecular complexity index is 1070. The van der Waals surface area contributed by atoms with Crippen LogP contribution in [0.1, 0.15) is 22.8 Å². The fourth-order valence-electron chi connectivity index (χ4n) is 2.30. The number of carboxylic acid groups (broad SMARTS) is 1. The number of benzene rings is 2. The van der Waals surface area contributed by atoms with Crippen LogP contribution in [0.25, 0.3) is 0 Å². The molecule has 2 rings (SSSR count). The lowest BCUT2D eigenvalue weighted by molar-refractivity contribution is -0.275. The zero-order chi connectivity index (χ0) is 22.1. The van der Waals surface area contributed by atoms with E-state index in [0.29, 0.717) is 18.1 Å². The Morgan fingerprint density at radius 1 is 1.17 bits per heavy atom. The summed E-state index contributed by atoms with van der Waals surface area (Å²) in [4.78, 5) is 10.3. The number of aromatic carboxylic acids is 1. The van der Waals surface area contributed by atoms with Crippen LogP contribution in [0.15, 0.2) is 33.6 Å². The molecule has 2 aromatic carbocycles. The van der Waals surface area contributed by atoms with E-state index in [1.807, 2.05) is 4.72 Å². The molecule has 4 N–H and O–H groups in total. The zero-order valence-corrected chi connectivity index (χ0v) is 16.8. The Balaban J connectivity index is 2.58. The van der Waals surface area contributed by atoms with Crippen molar-refractivity contribution < 1.29 is 46.4 Å². The van der Waals surface area contributed by atoms with Crippen LogP contribution in [0.4, 0.5) is 18.9 Å². The van der Waals surface area contributed by atoms with E-state index in [2.05, 4.69) is 20.7 Å². The molecule has 0 atom stereocenters. The van der Waals surface area contributed by atoms with Crippen LogP contribution in [0.3, 0.4) is 0 Å². The van der Waals surface area contributed by atoms with E-state index >= 15 is 0 Å². The van der Waals surface area contributed by atoms with Crippen LogP contribution < -0.4 is 9.46 Å². The smallest absolute Gasteiger partial charge is 0.505 e. The lowest BCUT2D eigenvalue weighted by Crippen LogP contribution is -2.19. The number of rotatable bonds is 6. The second-order valence-electron chi connectivity index (χ2n) is 5.60. The van der Waals surface area contributed by atoms with Gasteiger partial charge in [-0.2, -0.15) is 0 Å². The fourth-order valence-corrected chi connectivity index (χ4v) is 4.08. The molecule has 0 spiro atoms. The molecule has 0 unspecified atom stereocenters. The van der Waals surface area contributed by atoms with Gasteiger partial charge in [0.1, 0.15) is 10.5 Å². The summed E-state index contributed by atoms with van der Waals surface area (Å²) < 4.78 is 68.0. The van der Waals surface area contributed by atoms with Gasteiger partial charge in [0.2, 0.25) is 0 Å². The predicted molar refractivity (Wildman–Crippen MR) is 97.7 cm³/mol. The topological polar surface area (TPSA) is 133 Å². The van der Waals surface area contributed by atoms with Crippen LogP contribution in [0.2, 0.25) is 0 Å². The number of anilines is 1. The van der Waals surface area contributed by atoms with Gasteiger partial charge in [0, 0.05) is 4.47 Å². The molecule has 0 radical (unpaired) electrons. The highest BCUT2D eigenvalue weighted by Crippen LogP contribution is 2.40. The van der Waals surface area contributed by atoms with Crippen molar-refractivity contribution in [3.8, 4) is 17.2 Å². The van der Waals surface area contributed by atoms with E-state index in [1.165, 1.54) is 0 Å². The number of nitrogens with one attached hydrogen (secondary N) is 1. The summed E-state index contributed by atoms with van der Waals surface area (Å²) in [6.45, 7) is 1.65. The molecule has 0 aliphatic heterocycles. The molecule has 0 heterocycles. The summed E-state index contributed by atoms with van der Waals surface area (Å²) in [5.74, 6) is -4.93. The molecule has 0 aromatic heterocycles. The number of carbonyl (C=O) groups is 1. The average molecular weight is 500 g/mol. The molecule has 0 aliphatic carbocycles. The number of phenolic OH excluding ortho intramolecular Hbond substituents is 1. The van der Waals surface area contributed by atoms with Gasteiger partial charge in [-0.25, -0.2) is 13.2 Å². The van der Waals surface area contributed by atoms with E-state index in [0.717, 1.165) is 18.2 Å². The third-order valence-corrected chi connectivity index (χ3v) is 5.41. The molecule has 13 heteroatoms. The van der Waals surface area contributed by atoms with Gasteiger partial charge in [0.25, 0.3) is 10.0 Å². The molecule has 0 amide bonds. The summed E-state index contributed by atoms with van der Waals surface area (Å²) in [5, 5.41) is 29.2. The predicted octanol–water partition coefficient (Wildman–Crippen LogP) is 3.82. The Hall–Kier alpha value is -2.67. The molecular weight excluding hydrogens is 487 g/mol. The first-order chi connectivity index (χ1) is 13.2. The van der Waals surface area contributed by atoms with E-state index < -0.39 is 55.7 Å². The minimum Gasteiger partial charge on any atom is -0.505 e. The van der Waals surface area contributed by atoms with Gasteiger partial charge >= 0.3 is 12.3 Å². The van der Waals surface area contributed by atoms with Crippen molar-refractivity contribution in [3.05, 3.63) is 39.9 Å². The van der Waals surface area contributed by atoms with Crippen molar-refractivity contribution in [3.63, 3.8) is 0 Å². The summed E-state index contributed by atoms with van der Waals surface area (Å²) in [5.41, 5.74) is -0.751. The maximum atomic E-state index is 12.6. The van der Waals surface area contributed by atoms with E-state index in [4.69, 9.17) is 5.11 Å². The van der Waals surface area contributed by atoms with E-state index in [1.54, 1.807) is 6.92 Å². The maximum absolute atomic E-state index is 12.6. The minimum atomic E-state index is -5.20. The first-order valence-corrected chi connectivity index (χ1v) is 9.93. The van der Waals surface area contributed by atoms with E-state index in [-0.39, 0.29) is 4.47 Å². The van der Waals surface area contributed by atoms with Crippen molar-refractivity contribution in [1.29, 1.82) is 0 Å². The largest absolute Gasteiger partial charge is 0.573 e. The number of ether oxygens (including phenoxy) is 1. The van der Waals surface area contributed by atoms with Gasteiger partial charge in [-0.05, 0) is 36.2 Å². The van der Waals surface area contributed by atoms with Crippen LogP contribution in [-0.4, -0.2) is 36.1 Å². The summed E-state index contributed by atoms with van der Waals surface area (Å²) in [6, 6.07) is 3.81. The van der Waals surface area contributed by atoms with Gasteiger partial charge in [-0.1, -0.05) is 22.9 Å². The number of halogens is 4. The Kier molecular flexibility index (Phi) is 6.23. The maximum Gasteiger partial charge on any atom is 0.573 e. The van der Waals surface area contributed by atoms with Gasteiger partial charge in [0.15, 0.2) is 17.2 Å². The quantitative estimate of drug-likeness (QED) is 0.444. The molecule has 0 saturated carbocycles. The monoisotopic (exact) mass is 499 g/mol. The third kappa shape index (κ3) is 5.23. The molecular formula is C16H13BrF3NO7S. The molecule has 158 valence electrons. The Morgan fingerprint density at radius 2 is 1.79 bits per heavy atom. The summed E-state index contributed by atoms with van der Waals surface area (Å²) >= 11 is 2.82. The van der Waals surface area contributed by atoms with Crippen LogP contribution >= 0.6 is 15.9 Å². The number of aryl methyl sites for hydroxylation is 1. The Labute approximate surface area is 170 Å². The average Bonchev–Trinajstić information content (AvgIpc) is 2.57. The van der Waals surface area contributed by atoms with Crippen molar-refractivity contribution >= 4 is 37.6 Å². The summed E-state index contributed by atoms with van der Waals surface area (Å²) in [7, 11) is -4.76. The number of aromatic hydroxyl groups is 2. The molecule has 29 heavy (non-hydrogen) atoms. The van der Waals surface area contributed by atoms with Gasteiger partial charge in [-0.15, -0.1) is 13.2 Å². The third-order valence-electron chi connectivity index (χ3n) is 3.57. The van der Waals surface area contributed by atoms with Crippen molar-refractivity contribution in [2.75, 3.05) is 4.72 Å². The first-order valence-electron chi connectivity index (χ1n) is 7.65. The highest BCUT2D eigenvalue weighted by molar-refractivity contribution is 9.10. The fraction of sp³-hybridized carbons (Fsp3) is 0.188. The standard InChI is InChI=1S/C16H13BrF3NO7S/c1-2-7-3-9(15(24)25)13(22)10(4-7)21-29(26,27)12-6-8(17)5-11(14(12)23)28-16(18,19)20/h3-6,21-23H,2H2,1H3,(H,24,25). The number of phenols is 2. The molecule has 0 saturated heterocycles. The SMILES string of the molecule is CCc1cc(NS(=O)(=O)c2cc(Br)cc(OC(F)(F)F)c2O)c(O)c(C(=O)O)c1. The lowest BCUT2D eigenvalue weighted by Gasteiger charge is -2.16. The zero-order valence-electron chi connectivity index (χ0n) is 14.4. The van der Waals surface area contributed by atoms with Crippen molar-refractivity contribution in [2.45, 2.75) is 24.6 Å². The number of hydrogen-bond donors (Lipinski definition) is 4. The van der Waals surface area contributed by atoms with Crippen molar-refractivity contribution in [1.82, 2.24) is 0 Å². The molecule has 0 fully saturated rings. The highest BCUT2D eigenvalue weighted by Gasteiger charge is 2.34. The second kappa shape index (κ2) is 7.99. The van der Waals surface area contributed by atoms with Crippen LogP contribution in [-0.2, 0) is 16.4 Å². The van der Waals surface area contributed by atoms with E-state index in [9.17, 15) is 36.6 Å². The highest BCUT2D eigenvalue weighted by atomic mass is 79.9. The summed E-state index contributed by atoms with van der Waals surface area (Å²) in [6.07, 6.45) is -4.90. The Morgan fingerprint density at radius 3 is 2.31 bits per heavy atom. The van der Waals surface area contributed by atoms with Crippen LogP contribution in [0, 0.1) is 0 Å². The molecule has 2 aromatic rings. The number of carboxylic acids is 1. The number of alkyl halides is 3. The molecule has 0 bridgehead atoms. The molecule has 0 aliphatic rings. The normalized spacial score (nSPS) is 11.9. The van der Waals surface area contributed by atoms with Crippen molar-refractivity contribution in [2.24, 2.45) is 0 Å². The van der Waals surface area contributed by atoms with Gasteiger partial charge in [0.05, 0.1) is 5.69 Å². The molecule has 8 nitrogen and oxygen atoms in total. The van der Waals surface area contributed by atoms with Gasteiger partial charge < -0.3 is 20.1 Å². The minimum absolute atomic E-state index is 0.160. The van der Waals surface area contributed by atoms with Crippen LogP contribution in [0.5, 0.6) is 17.2 Å². The first kappa shape index (κ1) is 22.6.